The quantitative estimate of drug-likeness (QED) is 0.148. The SMILES string of the molecule is CC1(C)c2ccccc2-c2ccc(N(c3ccc(-c4ccc(C5CCCCC5)cc4)cc3)c3ccc(-c4cc(-c5ccc(C6CCCCC6)cc5)cc5c4CCCC5)cc3)cc21. The van der Waals surface area contributed by atoms with Crippen molar-refractivity contribution in [1.82, 2.24) is 0 Å². The van der Waals surface area contributed by atoms with Gasteiger partial charge in [-0.1, -0.05) is 162 Å². The summed E-state index contributed by atoms with van der Waals surface area (Å²) in [5, 5.41) is 0. The fourth-order valence-electron chi connectivity index (χ4n) is 11.9. The maximum Gasteiger partial charge on any atom is 0.0465 e. The van der Waals surface area contributed by atoms with Crippen LogP contribution in [-0.2, 0) is 18.3 Å². The molecular formula is C61H61N. The van der Waals surface area contributed by atoms with E-state index in [4.69, 9.17) is 0 Å². The summed E-state index contributed by atoms with van der Waals surface area (Å²) in [5.74, 6) is 1.46. The Balaban J connectivity index is 0.950. The van der Waals surface area contributed by atoms with Crippen molar-refractivity contribution < 1.29 is 0 Å². The average molecular weight is 808 g/mol. The van der Waals surface area contributed by atoms with Crippen LogP contribution < -0.4 is 4.90 Å². The number of rotatable bonds is 8. The van der Waals surface area contributed by atoms with Crippen LogP contribution in [0.25, 0.3) is 44.5 Å². The number of hydrogen-bond acceptors (Lipinski definition) is 1. The molecule has 2 fully saturated rings. The van der Waals surface area contributed by atoms with Gasteiger partial charge in [0.05, 0.1) is 0 Å². The fourth-order valence-corrected chi connectivity index (χ4v) is 11.9. The molecule has 0 bridgehead atoms. The van der Waals surface area contributed by atoms with Gasteiger partial charge in [-0.15, -0.1) is 0 Å². The number of fused-ring (bicyclic) bond motifs is 4. The van der Waals surface area contributed by atoms with Gasteiger partial charge < -0.3 is 4.90 Å². The lowest BCUT2D eigenvalue weighted by atomic mass is 9.82. The molecule has 0 saturated heterocycles. The van der Waals surface area contributed by atoms with Gasteiger partial charge in [0.25, 0.3) is 0 Å². The zero-order valence-electron chi connectivity index (χ0n) is 36.9. The Kier molecular flexibility index (Phi) is 10.5. The van der Waals surface area contributed by atoms with Crippen LogP contribution in [0.15, 0.2) is 152 Å². The Hall–Kier alpha value is -5.66. The number of benzene rings is 7. The van der Waals surface area contributed by atoms with Crippen LogP contribution >= 0.6 is 0 Å². The van der Waals surface area contributed by atoms with E-state index in [-0.39, 0.29) is 5.41 Å². The summed E-state index contributed by atoms with van der Waals surface area (Å²) in [6, 6.07) is 59.0. The molecular weight excluding hydrogens is 747 g/mol. The first-order valence-electron chi connectivity index (χ1n) is 24.1. The van der Waals surface area contributed by atoms with Gasteiger partial charge in [0.1, 0.15) is 0 Å². The number of nitrogens with zero attached hydrogens (tertiary/aromatic N) is 1. The molecule has 0 heterocycles. The molecule has 0 aromatic heterocycles. The molecule has 1 heteroatoms. The van der Waals surface area contributed by atoms with Crippen molar-refractivity contribution in [2.24, 2.45) is 0 Å². The number of anilines is 3. The summed E-state index contributed by atoms with van der Waals surface area (Å²) in [6.07, 6.45) is 18.5. The first kappa shape index (κ1) is 39.2. The molecule has 11 rings (SSSR count). The van der Waals surface area contributed by atoms with E-state index in [1.165, 1.54) is 173 Å². The molecule has 1 nitrogen and oxygen atoms in total. The van der Waals surface area contributed by atoms with Gasteiger partial charge >= 0.3 is 0 Å². The third-order valence-electron chi connectivity index (χ3n) is 15.5. The highest BCUT2D eigenvalue weighted by Crippen LogP contribution is 2.51. The molecule has 7 aromatic rings. The van der Waals surface area contributed by atoms with E-state index in [9.17, 15) is 0 Å². The Morgan fingerprint density at radius 1 is 0.387 bits per heavy atom. The highest BCUT2D eigenvalue weighted by Gasteiger charge is 2.36. The number of aryl methyl sites for hydroxylation is 1. The van der Waals surface area contributed by atoms with Gasteiger partial charge in [-0.25, -0.2) is 0 Å². The van der Waals surface area contributed by atoms with Gasteiger partial charge in [-0.3, -0.25) is 0 Å². The normalized spacial score (nSPS) is 17.3. The lowest BCUT2D eigenvalue weighted by Gasteiger charge is -2.28. The summed E-state index contributed by atoms with van der Waals surface area (Å²) in [6.45, 7) is 4.77. The zero-order valence-corrected chi connectivity index (χ0v) is 36.9. The predicted octanol–water partition coefficient (Wildman–Crippen LogP) is 17.4. The van der Waals surface area contributed by atoms with E-state index in [1.54, 1.807) is 5.56 Å². The number of hydrogen-bond donors (Lipinski definition) is 0. The predicted molar refractivity (Wildman–Crippen MR) is 263 cm³/mol. The molecule has 62 heavy (non-hydrogen) atoms. The van der Waals surface area contributed by atoms with Crippen LogP contribution in [-0.4, -0.2) is 0 Å². The second-order valence-corrected chi connectivity index (χ2v) is 19.6. The second kappa shape index (κ2) is 16.6. The summed E-state index contributed by atoms with van der Waals surface area (Å²) >= 11 is 0. The van der Waals surface area contributed by atoms with E-state index in [0.717, 1.165) is 18.3 Å². The third kappa shape index (κ3) is 7.32. The molecule has 310 valence electrons. The van der Waals surface area contributed by atoms with Gasteiger partial charge in [-0.05, 0) is 184 Å². The molecule has 0 atom stereocenters. The van der Waals surface area contributed by atoms with Crippen molar-refractivity contribution in [1.29, 1.82) is 0 Å². The molecule has 0 unspecified atom stereocenters. The average Bonchev–Trinajstić information content (AvgIpc) is 3.57. The third-order valence-corrected chi connectivity index (χ3v) is 15.5. The van der Waals surface area contributed by atoms with Crippen LogP contribution in [0.1, 0.15) is 136 Å². The summed E-state index contributed by atoms with van der Waals surface area (Å²) < 4.78 is 0. The van der Waals surface area contributed by atoms with Crippen LogP contribution in [0, 0.1) is 0 Å². The zero-order chi connectivity index (χ0) is 41.6. The second-order valence-electron chi connectivity index (χ2n) is 19.6. The first-order valence-corrected chi connectivity index (χ1v) is 24.1. The minimum atomic E-state index is -0.0780. The molecule has 0 amide bonds. The highest BCUT2D eigenvalue weighted by molar-refractivity contribution is 5.87. The summed E-state index contributed by atoms with van der Waals surface area (Å²) in [7, 11) is 0. The van der Waals surface area contributed by atoms with E-state index in [0.29, 0.717) is 0 Å². The standard InChI is InChI=1S/C61H61N/c1-61(2)59-20-12-11-19-56(59)57-38-37-54(41-60(57)61)62(52-33-29-47(30-34-52)46-23-21-44(22-24-46)42-13-5-3-6-14-42)53-35-31-49(32-36-53)58-40-51(39-50-17-9-10-18-55(50)58)48-27-25-45(26-28-48)43-15-7-4-8-16-43/h11-12,19-43H,3-10,13-18H2,1-2H3. The van der Waals surface area contributed by atoms with E-state index < -0.39 is 0 Å². The molecule has 0 N–H and O–H groups in total. The van der Waals surface area contributed by atoms with Crippen LogP contribution in [0.2, 0.25) is 0 Å². The van der Waals surface area contributed by atoms with Crippen molar-refractivity contribution in [2.75, 3.05) is 4.90 Å². The Labute approximate surface area is 370 Å². The summed E-state index contributed by atoms with van der Waals surface area (Å²) in [5.41, 5.74) is 23.1. The largest absolute Gasteiger partial charge is 0.310 e. The molecule has 4 aliphatic rings. The maximum atomic E-state index is 2.51. The highest BCUT2D eigenvalue weighted by atomic mass is 15.1. The van der Waals surface area contributed by atoms with Crippen LogP contribution in [0.4, 0.5) is 17.1 Å². The Morgan fingerprint density at radius 3 is 1.50 bits per heavy atom. The topological polar surface area (TPSA) is 3.24 Å². The van der Waals surface area contributed by atoms with Gasteiger partial charge in [-0.2, -0.15) is 0 Å². The minimum Gasteiger partial charge on any atom is -0.310 e. The van der Waals surface area contributed by atoms with Gasteiger partial charge in [0, 0.05) is 22.5 Å². The molecule has 7 aromatic carbocycles. The molecule has 0 spiro atoms. The smallest absolute Gasteiger partial charge is 0.0465 e. The maximum absolute atomic E-state index is 2.51. The van der Waals surface area contributed by atoms with Crippen LogP contribution in [0.3, 0.4) is 0 Å². The molecule has 0 radical (unpaired) electrons. The lowest BCUT2D eigenvalue weighted by Crippen LogP contribution is -2.16. The van der Waals surface area contributed by atoms with Crippen molar-refractivity contribution >= 4 is 17.1 Å². The Bertz CT molecular complexity index is 2690. The van der Waals surface area contributed by atoms with Crippen molar-refractivity contribution in [3.8, 4) is 44.5 Å². The van der Waals surface area contributed by atoms with E-state index >= 15 is 0 Å². The molecule has 4 aliphatic carbocycles. The first-order chi connectivity index (χ1) is 30.5. The van der Waals surface area contributed by atoms with E-state index in [1.807, 2.05) is 0 Å². The van der Waals surface area contributed by atoms with Crippen molar-refractivity contribution in [3.63, 3.8) is 0 Å². The minimum absolute atomic E-state index is 0.0780. The monoisotopic (exact) mass is 807 g/mol. The molecule has 2 saturated carbocycles. The Morgan fingerprint density at radius 2 is 0.887 bits per heavy atom. The van der Waals surface area contributed by atoms with E-state index in [2.05, 4.69) is 170 Å². The molecule has 0 aliphatic heterocycles. The fraction of sp³-hybridized carbons (Fsp3) is 0.311. The van der Waals surface area contributed by atoms with Crippen LogP contribution in [0.5, 0.6) is 0 Å². The van der Waals surface area contributed by atoms with Gasteiger partial charge in [0.15, 0.2) is 0 Å². The van der Waals surface area contributed by atoms with Crippen molar-refractivity contribution in [2.45, 2.75) is 121 Å². The lowest BCUT2D eigenvalue weighted by molar-refractivity contribution is 0.443. The summed E-state index contributed by atoms with van der Waals surface area (Å²) in [4.78, 5) is 2.47. The van der Waals surface area contributed by atoms with Gasteiger partial charge in [0.2, 0.25) is 0 Å². The van der Waals surface area contributed by atoms with Crippen molar-refractivity contribution in [3.05, 3.63) is 185 Å².